The summed E-state index contributed by atoms with van der Waals surface area (Å²) in [7, 11) is 1.55. The summed E-state index contributed by atoms with van der Waals surface area (Å²) in [6, 6.07) is 5.18. The van der Waals surface area contributed by atoms with E-state index in [0.29, 0.717) is 17.0 Å². The fourth-order valence-electron chi connectivity index (χ4n) is 1.83. The van der Waals surface area contributed by atoms with Crippen molar-refractivity contribution >= 4 is 11.8 Å². The summed E-state index contributed by atoms with van der Waals surface area (Å²) < 4.78 is 10.4. The van der Waals surface area contributed by atoms with Crippen molar-refractivity contribution in [1.82, 2.24) is 0 Å². The SMILES string of the molecule is COc1ccc(NC(=O)OC(C)(C)C)c(C(CN)CO)c1. The number of hydrogen-bond donors (Lipinski definition) is 3. The van der Waals surface area contributed by atoms with E-state index in [1.54, 1.807) is 46.1 Å². The lowest BCUT2D eigenvalue weighted by Gasteiger charge is -2.22. The monoisotopic (exact) mass is 296 g/mol. The summed E-state index contributed by atoms with van der Waals surface area (Å²) in [6.07, 6.45) is -0.553. The van der Waals surface area contributed by atoms with Crippen LogP contribution in [0.15, 0.2) is 18.2 Å². The lowest BCUT2D eigenvalue weighted by atomic mass is 9.98. The Balaban J connectivity index is 3.02. The summed E-state index contributed by atoms with van der Waals surface area (Å²) in [5, 5.41) is 12.1. The van der Waals surface area contributed by atoms with Crippen molar-refractivity contribution in [3.05, 3.63) is 23.8 Å². The van der Waals surface area contributed by atoms with Crippen LogP contribution in [0.3, 0.4) is 0 Å². The molecule has 0 aliphatic carbocycles. The first-order valence-corrected chi connectivity index (χ1v) is 6.79. The van der Waals surface area contributed by atoms with E-state index in [1.165, 1.54) is 0 Å². The molecule has 118 valence electrons. The van der Waals surface area contributed by atoms with E-state index in [4.69, 9.17) is 15.2 Å². The topological polar surface area (TPSA) is 93.8 Å². The van der Waals surface area contributed by atoms with Crippen LogP contribution >= 0.6 is 0 Å². The Morgan fingerprint density at radius 3 is 2.57 bits per heavy atom. The minimum Gasteiger partial charge on any atom is -0.497 e. The second-order valence-electron chi connectivity index (χ2n) is 5.70. The average molecular weight is 296 g/mol. The summed E-state index contributed by atoms with van der Waals surface area (Å²) >= 11 is 0. The van der Waals surface area contributed by atoms with Gasteiger partial charge in [-0.05, 0) is 44.5 Å². The molecule has 1 aromatic rings. The van der Waals surface area contributed by atoms with Gasteiger partial charge in [0.2, 0.25) is 0 Å². The van der Waals surface area contributed by atoms with E-state index >= 15 is 0 Å². The number of carbonyl (C=O) groups excluding carboxylic acids is 1. The summed E-state index contributed by atoms with van der Waals surface area (Å²) in [5.74, 6) is 0.344. The van der Waals surface area contributed by atoms with Crippen LogP contribution < -0.4 is 15.8 Å². The van der Waals surface area contributed by atoms with Crippen LogP contribution in [0.5, 0.6) is 5.75 Å². The van der Waals surface area contributed by atoms with Gasteiger partial charge in [0.1, 0.15) is 11.4 Å². The Kier molecular flexibility index (Phi) is 5.99. The van der Waals surface area contributed by atoms with Gasteiger partial charge < -0.3 is 20.3 Å². The molecular weight excluding hydrogens is 272 g/mol. The zero-order valence-electron chi connectivity index (χ0n) is 13.0. The lowest BCUT2D eigenvalue weighted by Crippen LogP contribution is -2.28. The molecule has 1 amide bonds. The number of aliphatic hydroxyl groups is 1. The van der Waals surface area contributed by atoms with Crippen molar-refractivity contribution < 1.29 is 19.4 Å². The zero-order chi connectivity index (χ0) is 16.0. The first-order chi connectivity index (χ1) is 9.80. The number of aliphatic hydroxyl groups excluding tert-OH is 1. The van der Waals surface area contributed by atoms with Gasteiger partial charge in [0, 0.05) is 18.2 Å². The van der Waals surface area contributed by atoms with E-state index in [0.717, 1.165) is 0 Å². The molecular formula is C15H24N2O4. The first kappa shape index (κ1) is 17.3. The summed E-state index contributed by atoms with van der Waals surface area (Å²) in [4.78, 5) is 11.9. The molecule has 0 heterocycles. The third-order valence-electron chi connectivity index (χ3n) is 2.84. The van der Waals surface area contributed by atoms with Gasteiger partial charge in [-0.15, -0.1) is 0 Å². The quantitative estimate of drug-likeness (QED) is 0.773. The molecule has 1 rings (SSSR count). The van der Waals surface area contributed by atoms with Gasteiger partial charge in [0.15, 0.2) is 0 Å². The number of methoxy groups -OCH3 is 1. The molecule has 1 unspecified atom stereocenters. The number of amides is 1. The molecule has 1 atom stereocenters. The van der Waals surface area contributed by atoms with Crippen molar-refractivity contribution in [1.29, 1.82) is 0 Å². The van der Waals surface area contributed by atoms with Crippen LogP contribution in [0.2, 0.25) is 0 Å². The van der Waals surface area contributed by atoms with Crippen molar-refractivity contribution in [2.75, 3.05) is 25.6 Å². The highest BCUT2D eigenvalue weighted by Gasteiger charge is 2.20. The van der Waals surface area contributed by atoms with Crippen LogP contribution in [0, 0.1) is 0 Å². The minimum atomic E-state index is -0.582. The van der Waals surface area contributed by atoms with Gasteiger partial charge in [0.05, 0.1) is 13.7 Å². The molecule has 0 radical (unpaired) electrons. The molecule has 0 saturated carbocycles. The Bertz CT molecular complexity index is 479. The van der Waals surface area contributed by atoms with Gasteiger partial charge in [0.25, 0.3) is 0 Å². The zero-order valence-corrected chi connectivity index (χ0v) is 13.0. The van der Waals surface area contributed by atoms with Crippen LogP contribution in [0.4, 0.5) is 10.5 Å². The highest BCUT2D eigenvalue weighted by Crippen LogP contribution is 2.29. The lowest BCUT2D eigenvalue weighted by molar-refractivity contribution is 0.0635. The van der Waals surface area contributed by atoms with Crippen molar-refractivity contribution in [3.8, 4) is 5.75 Å². The molecule has 1 aromatic carbocycles. The Hall–Kier alpha value is -1.79. The number of nitrogens with two attached hydrogens (primary N) is 1. The molecule has 0 bridgehead atoms. The van der Waals surface area contributed by atoms with Gasteiger partial charge >= 0.3 is 6.09 Å². The van der Waals surface area contributed by atoms with E-state index in [9.17, 15) is 9.90 Å². The Labute approximate surface area is 125 Å². The number of benzene rings is 1. The van der Waals surface area contributed by atoms with E-state index in [1.807, 2.05) is 0 Å². The van der Waals surface area contributed by atoms with Crippen molar-refractivity contribution in [2.24, 2.45) is 5.73 Å². The fourth-order valence-corrected chi connectivity index (χ4v) is 1.83. The predicted octanol–water partition coefficient (Wildman–Crippen LogP) is 2.08. The smallest absolute Gasteiger partial charge is 0.412 e. The number of anilines is 1. The molecule has 0 spiro atoms. The molecule has 0 saturated heterocycles. The highest BCUT2D eigenvalue weighted by atomic mass is 16.6. The molecule has 0 aliphatic rings. The Morgan fingerprint density at radius 1 is 1.43 bits per heavy atom. The van der Waals surface area contributed by atoms with Gasteiger partial charge in [-0.25, -0.2) is 4.79 Å². The molecule has 21 heavy (non-hydrogen) atoms. The third-order valence-corrected chi connectivity index (χ3v) is 2.84. The third kappa shape index (κ3) is 5.24. The number of carbonyl (C=O) groups is 1. The fraction of sp³-hybridized carbons (Fsp3) is 0.533. The standard InChI is InChI=1S/C15H24N2O4/c1-15(2,3)21-14(19)17-13-6-5-11(20-4)7-12(13)10(8-16)9-18/h5-7,10,18H,8-9,16H2,1-4H3,(H,17,19). The largest absolute Gasteiger partial charge is 0.497 e. The predicted molar refractivity (Wildman–Crippen MR) is 81.7 cm³/mol. The number of hydrogen-bond acceptors (Lipinski definition) is 5. The number of ether oxygens (including phenoxy) is 2. The average Bonchev–Trinajstić information content (AvgIpc) is 2.39. The van der Waals surface area contributed by atoms with E-state index < -0.39 is 11.7 Å². The van der Waals surface area contributed by atoms with Gasteiger partial charge in [-0.1, -0.05) is 0 Å². The van der Waals surface area contributed by atoms with E-state index in [-0.39, 0.29) is 19.1 Å². The second kappa shape index (κ2) is 7.28. The van der Waals surface area contributed by atoms with Crippen LogP contribution in [0.25, 0.3) is 0 Å². The maximum absolute atomic E-state index is 11.9. The van der Waals surface area contributed by atoms with Crippen molar-refractivity contribution in [3.63, 3.8) is 0 Å². The molecule has 0 aromatic heterocycles. The molecule has 6 heteroatoms. The number of nitrogens with one attached hydrogen (secondary N) is 1. The van der Waals surface area contributed by atoms with Crippen molar-refractivity contribution in [2.45, 2.75) is 32.3 Å². The molecule has 0 fully saturated rings. The normalized spacial score (nSPS) is 12.7. The van der Waals surface area contributed by atoms with Crippen LogP contribution in [-0.2, 0) is 4.74 Å². The highest BCUT2D eigenvalue weighted by molar-refractivity contribution is 5.86. The second-order valence-corrected chi connectivity index (χ2v) is 5.70. The van der Waals surface area contributed by atoms with Crippen LogP contribution in [-0.4, -0.2) is 37.1 Å². The van der Waals surface area contributed by atoms with Gasteiger partial charge in [-0.3, -0.25) is 5.32 Å². The maximum Gasteiger partial charge on any atom is 0.412 e. The van der Waals surface area contributed by atoms with Crippen LogP contribution in [0.1, 0.15) is 32.3 Å². The summed E-state index contributed by atoms with van der Waals surface area (Å²) in [6.45, 7) is 5.51. The summed E-state index contributed by atoms with van der Waals surface area (Å²) in [5.41, 5.74) is 6.34. The minimum absolute atomic E-state index is 0.118. The molecule has 6 nitrogen and oxygen atoms in total. The molecule has 0 aliphatic heterocycles. The van der Waals surface area contributed by atoms with E-state index in [2.05, 4.69) is 5.32 Å². The molecule has 4 N–H and O–H groups in total. The Morgan fingerprint density at radius 2 is 2.10 bits per heavy atom. The van der Waals surface area contributed by atoms with Gasteiger partial charge in [-0.2, -0.15) is 0 Å². The maximum atomic E-state index is 11.9. The number of rotatable bonds is 5. The first-order valence-electron chi connectivity index (χ1n) is 6.79.